The Balaban J connectivity index is 1.83. The Kier molecular flexibility index (Phi) is 3.42. The molecule has 0 bridgehead atoms. The maximum absolute atomic E-state index is 9.65. The summed E-state index contributed by atoms with van der Waals surface area (Å²) in [6.07, 6.45) is 6.77. The molecular formula is C11H21NO2. The van der Waals surface area contributed by atoms with Crippen molar-refractivity contribution in [3.8, 4) is 0 Å². The third kappa shape index (κ3) is 2.10. The normalized spacial score (nSPS) is 43.3. The summed E-state index contributed by atoms with van der Waals surface area (Å²) >= 11 is 0. The molecule has 0 saturated heterocycles. The molecule has 0 aromatic carbocycles. The van der Waals surface area contributed by atoms with Crippen molar-refractivity contribution in [1.82, 2.24) is 0 Å². The molecule has 0 aromatic rings. The van der Waals surface area contributed by atoms with E-state index in [0.29, 0.717) is 12.0 Å². The van der Waals surface area contributed by atoms with Gasteiger partial charge in [-0.1, -0.05) is 6.42 Å². The monoisotopic (exact) mass is 199 g/mol. The smallest absolute Gasteiger partial charge is 0.0837 e. The Morgan fingerprint density at radius 2 is 1.79 bits per heavy atom. The number of ether oxygens (including phenoxy) is 1. The molecule has 2 saturated carbocycles. The fourth-order valence-electron chi connectivity index (χ4n) is 2.74. The quantitative estimate of drug-likeness (QED) is 0.714. The first-order chi connectivity index (χ1) is 6.81. The molecule has 14 heavy (non-hydrogen) atoms. The van der Waals surface area contributed by atoms with Gasteiger partial charge in [0.1, 0.15) is 0 Å². The van der Waals surface area contributed by atoms with Gasteiger partial charge in [-0.3, -0.25) is 0 Å². The van der Waals surface area contributed by atoms with E-state index < -0.39 is 0 Å². The van der Waals surface area contributed by atoms with Gasteiger partial charge < -0.3 is 15.6 Å². The molecule has 0 heterocycles. The molecule has 2 fully saturated rings. The lowest BCUT2D eigenvalue weighted by molar-refractivity contribution is -0.0731. The van der Waals surface area contributed by atoms with E-state index in [0.717, 1.165) is 32.2 Å². The van der Waals surface area contributed by atoms with Gasteiger partial charge in [-0.05, 0) is 44.6 Å². The van der Waals surface area contributed by atoms with Gasteiger partial charge >= 0.3 is 0 Å². The van der Waals surface area contributed by atoms with Crippen LogP contribution in [0.25, 0.3) is 0 Å². The van der Waals surface area contributed by atoms with Gasteiger partial charge in [-0.2, -0.15) is 0 Å². The molecular weight excluding hydrogens is 178 g/mol. The van der Waals surface area contributed by atoms with Crippen LogP contribution in [0.4, 0.5) is 0 Å². The van der Waals surface area contributed by atoms with E-state index in [1.807, 2.05) is 0 Å². The second-order valence-electron chi connectivity index (χ2n) is 4.64. The van der Waals surface area contributed by atoms with Crippen molar-refractivity contribution in [3.05, 3.63) is 0 Å². The van der Waals surface area contributed by atoms with Gasteiger partial charge in [-0.25, -0.2) is 0 Å². The van der Waals surface area contributed by atoms with Crippen molar-refractivity contribution in [2.75, 3.05) is 6.54 Å². The van der Waals surface area contributed by atoms with Crippen molar-refractivity contribution in [1.29, 1.82) is 0 Å². The zero-order valence-electron chi connectivity index (χ0n) is 8.69. The van der Waals surface area contributed by atoms with Crippen molar-refractivity contribution in [2.45, 2.75) is 56.8 Å². The van der Waals surface area contributed by atoms with Crippen LogP contribution in [0.5, 0.6) is 0 Å². The van der Waals surface area contributed by atoms with E-state index in [2.05, 4.69) is 0 Å². The van der Waals surface area contributed by atoms with E-state index in [9.17, 15) is 5.11 Å². The minimum Gasteiger partial charge on any atom is -0.390 e. The molecule has 0 radical (unpaired) electrons. The number of hydrogen-bond acceptors (Lipinski definition) is 3. The zero-order chi connectivity index (χ0) is 9.97. The van der Waals surface area contributed by atoms with Crippen LogP contribution in [-0.2, 0) is 4.74 Å². The number of aliphatic hydroxyl groups excluding tert-OH is 1. The predicted octanol–water partition coefficient (Wildman–Crippen LogP) is 1.04. The van der Waals surface area contributed by atoms with Gasteiger partial charge in [0, 0.05) is 0 Å². The SMILES string of the molecule is NCC1CCCC1OC1CCCC1O. The largest absolute Gasteiger partial charge is 0.390 e. The summed E-state index contributed by atoms with van der Waals surface area (Å²) in [4.78, 5) is 0. The summed E-state index contributed by atoms with van der Waals surface area (Å²) in [6, 6.07) is 0. The van der Waals surface area contributed by atoms with Crippen molar-refractivity contribution in [2.24, 2.45) is 11.7 Å². The van der Waals surface area contributed by atoms with Crippen LogP contribution in [-0.4, -0.2) is 30.0 Å². The lowest BCUT2D eigenvalue weighted by atomic mass is 10.1. The molecule has 4 atom stereocenters. The molecule has 3 heteroatoms. The fraction of sp³-hybridized carbons (Fsp3) is 1.00. The lowest BCUT2D eigenvalue weighted by Gasteiger charge is -2.24. The maximum atomic E-state index is 9.65. The minimum atomic E-state index is -0.228. The van der Waals surface area contributed by atoms with Crippen LogP contribution in [0.3, 0.4) is 0 Å². The van der Waals surface area contributed by atoms with Crippen molar-refractivity contribution >= 4 is 0 Å². The number of aliphatic hydroxyl groups is 1. The first kappa shape index (κ1) is 10.4. The van der Waals surface area contributed by atoms with Crippen LogP contribution in [0.15, 0.2) is 0 Å². The average Bonchev–Trinajstić information content (AvgIpc) is 2.77. The first-order valence-corrected chi connectivity index (χ1v) is 5.85. The molecule has 0 amide bonds. The third-order valence-electron chi connectivity index (χ3n) is 3.66. The van der Waals surface area contributed by atoms with Crippen LogP contribution in [0, 0.1) is 5.92 Å². The van der Waals surface area contributed by atoms with E-state index in [-0.39, 0.29) is 12.2 Å². The van der Waals surface area contributed by atoms with Crippen LogP contribution in [0.2, 0.25) is 0 Å². The minimum absolute atomic E-state index is 0.0900. The first-order valence-electron chi connectivity index (χ1n) is 5.85. The van der Waals surface area contributed by atoms with Gasteiger partial charge in [0.15, 0.2) is 0 Å². The second kappa shape index (κ2) is 4.60. The Hall–Kier alpha value is -0.120. The summed E-state index contributed by atoms with van der Waals surface area (Å²) in [5.74, 6) is 0.530. The second-order valence-corrected chi connectivity index (χ2v) is 4.64. The Morgan fingerprint density at radius 3 is 2.43 bits per heavy atom. The molecule has 0 aromatic heterocycles. The predicted molar refractivity (Wildman–Crippen MR) is 54.9 cm³/mol. The molecule has 3 N–H and O–H groups in total. The lowest BCUT2D eigenvalue weighted by Crippen LogP contribution is -2.33. The van der Waals surface area contributed by atoms with E-state index in [1.165, 1.54) is 12.8 Å². The molecule has 3 nitrogen and oxygen atoms in total. The highest BCUT2D eigenvalue weighted by molar-refractivity contribution is 4.84. The highest BCUT2D eigenvalue weighted by atomic mass is 16.5. The highest BCUT2D eigenvalue weighted by Gasteiger charge is 2.33. The third-order valence-corrected chi connectivity index (χ3v) is 3.66. The molecule has 0 aliphatic heterocycles. The molecule has 2 rings (SSSR count). The zero-order valence-corrected chi connectivity index (χ0v) is 8.69. The van der Waals surface area contributed by atoms with Crippen LogP contribution in [0.1, 0.15) is 38.5 Å². The Labute approximate surface area is 85.6 Å². The number of rotatable bonds is 3. The molecule has 4 unspecified atom stereocenters. The molecule has 2 aliphatic rings. The van der Waals surface area contributed by atoms with Gasteiger partial charge in [0.2, 0.25) is 0 Å². The van der Waals surface area contributed by atoms with Gasteiger partial charge in [-0.15, -0.1) is 0 Å². The van der Waals surface area contributed by atoms with E-state index in [4.69, 9.17) is 10.5 Å². The summed E-state index contributed by atoms with van der Waals surface area (Å²) in [7, 11) is 0. The Morgan fingerprint density at radius 1 is 1.07 bits per heavy atom. The molecule has 2 aliphatic carbocycles. The number of nitrogens with two attached hydrogens (primary N) is 1. The van der Waals surface area contributed by atoms with E-state index in [1.54, 1.807) is 0 Å². The highest BCUT2D eigenvalue weighted by Crippen LogP contribution is 2.32. The summed E-state index contributed by atoms with van der Waals surface area (Å²) in [6.45, 7) is 0.730. The summed E-state index contributed by atoms with van der Waals surface area (Å²) < 4.78 is 5.96. The van der Waals surface area contributed by atoms with Crippen LogP contribution >= 0.6 is 0 Å². The Bertz CT molecular complexity index is 186. The number of hydrogen-bond donors (Lipinski definition) is 2. The fourth-order valence-corrected chi connectivity index (χ4v) is 2.74. The van der Waals surface area contributed by atoms with Gasteiger partial charge in [0.25, 0.3) is 0 Å². The maximum Gasteiger partial charge on any atom is 0.0837 e. The molecule has 82 valence electrons. The van der Waals surface area contributed by atoms with Crippen LogP contribution < -0.4 is 5.73 Å². The standard InChI is InChI=1S/C11H21NO2/c12-7-8-3-1-5-10(8)14-11-6-2-4-9(11)13/h8-11,13H,1-7,12H2. The van der Waals surface area contributed by atoms with Crippen molar-refractivity contribution in [3.63, 3.8) is 0 Å². The topological polar surface area (TPSA) is 55.5 Å². The van der Waals surface area contributed by atoms with Gasteiger partial charge in [0.05, 0.1) is 18.3 Å². The average molecular weight is 199 g/mol. The molecule has 0 spiro atoms. The summed E-state index contributed by atoms with van der Waals surface area (Å²) in [5.41, 5.74) is 5.69. The van der Waals surface area contributed by atoms with Crippen molar-refractivity contribution < 1.29 is 9.84 Å². The summed E-state index contributed by atoms with van der Waals surface area (Å²) in [5, 5.41) is 9.65. The van der Waals surface area contributed by atoms with E-state index >= 15 is 0 Å².